The molecule has 0 bridgehead atoms. The number of aryl methyl sites for hydroxylation is 3. The summed E-state index contributed by atoms with van der Waals surface area (Å²) in [5.41, 5.74) is 8.28. The van der Waals surface area contributed by atoms with Crippen LogP contribution in [-0.2, 0) is 24.8 Å². The molecule has 0 saturated heterocycles. The van der Waals surface area contributed by atoms with E-state index in [9.17, 15) is 4.79 Å². The first kappa shape index (κ1) is 30.5. The van der Waals surface area contributed by atoms with E-state index in [0.29, 0.717) is 11.5 Å². The predicted octanol–water partition coefficient (Wildman–Crippen LogP) is 8.21. The number of carbonyl (C=O) groups excluding carboxylic acids is 1. The smallest absolute Gasteiger partial charge is 0.338 e. The van der Waals surface area contributed by atoms with Gasteiger partial charge in [0.15, 0.2) is 0 Å². The summed E-state index contributed by atoms with van der Waals surface area (Å²) in [5, 5.41) is 0. The maximum atomic E-state index is 12.0. The Balaban J connectivity index is 0.000000227. The van der Waals surface area contributed by atoms with Crippen LogP contribution in [0.1, 0.15) is 72.1 Å². The van der Waals surface area contributed by atoms with Gasteiger partial charge in [-0.1, -0.05) is 80.6 Å². The monoisotopic (exact) mass is 562 g/mol. The average Bonchev–Trinajstić information content (AvgIpc) is 3.49. The van der Waals surface area contributed by atoms with Gasteiger partial charge in [-0.15, -0.1) is 0 Å². The third-order valence-corrected chi connectivity index (χ3v) is 7.66. The number of methoxy groups -OCH3 is 1. The quantitative estimate of drug-likeness (QED) is 0.141. The molecule has 2 aromatic heterocycles. The molecule has 218 valence electrons. The van der Waals surface area contributed by atoms with E-state index in [-0.39, 0.29) is 5.97 Å². The van der Waals surface area contributed by atoms with Crippen molar-refractivity contribution in [3.63, 3.8) is 0 Å². The Morgan fingerprint density at radius 2 is 1.67 bits per heavy atom. The zero-order chi connectivity index (χ0) is 30.2. The van der Waals surface area contributed by atoms with E-state index in [1.54, 1.807) is 6.07 Å². The molecular formula is C36H42N4O2. The van der Waals surface area contributed by atoms with Crippen LogP contribution in [0.25, 0.3) is 22.2 Å². The highest BCUT2D eigenvalue weighted by Crippen LogP contribution is 2.26. The molecule has 42 heavy (non-hydrogen) atoms. The molecule has 0 saturated carbocycles. The van der Waals surface area contributed by atoms with Crippen molar-refractivity contribution in [1.82, 2.24) is 19.1 Å². The van der Waals surface area contributed by atoms with Crippen molar-refractivity contribution in [2.75, 3.05) is 7.11 Å². The maximum Gasteiger partial charge on any atom is 0.338 e. The van der Waals surface area contributed by atoms with Crippen molar-refractivity contribution in [2.24, 2.45) is 7.05 Å². The molecule has 0 aliphatic heterocycles. The number of esters is 1. The second-order valence-electron chi connectivity index (χ2n) is 10.6. The molecule has 5 rings (SSSR count). The molecule has 1 unspecified atom stereocenters. The molecule has 6 nitrogen and oxygen atoms in total. The van der Waals surface area contributed by atoms with Gasteiger partial charge in [0.25, 0.3) is 0 Å². The van der Waals surface area contributed by atoms with E-state index in [1.165, 1.54) is 23.9 Å². The van der Waals surface area contributed by atoms with E-state index in [1.807, 2.05) is 37.3 Å². The van der Waals surface area contributed by atoms with Crippen LogP contribution in [0.2, 0.25) is 0 Å². The van der Waals surface area contributed by atoms with Crippen LogP contribution >= 0.6 is 0 Å². The van der Waals surface area contributed by atoms with E-state index in [2.05, 4.69) is 97.4 Å². The Kier molecular flexibility index (Phi) is 10.1. The molecule has 0 N–H and O–H groups in total. The molecule has 6 heteroatoms. The highest BCUT2D eigenvalue weighted by molar-refractivity contribution is 5.97. The summed E-state index contributed by atoms with van der Waals surface area (Å²) in [6.07, 6.45) is 6.31. The van der Waals surface area contributed by atoms with Crippen molar-refractivity contribution in [3.8, 4) is 11.1 Å². The summed E-state index contributed by atoms with van der Waals surface area (Å²) in [6, 6.07) is 24.1. The first-order chi connectivity index (χ1) is 20.3. The van der Waals surface area contributed by atoms with Gasteiger partial charge in [0, 0.05) is 31.6 Å². The van der Waals surface area contributed by atoms with Gasteiger partial charge >= 0.3 is 5.97 Å². The number of nitrogens with zero attached hydrogens (tertiary/aromatic N) is 4. The first-order valence-electron chi connectivity index (χ1n) is 14.6. The summed E-state index contributed by atoms with van der Waals surface area (Å²) in [4.78, 5) is 21.4. The van der Waals surface area contributed by atoms with E-state index in [4.69, 9.17) is 9.72 Å². The molecule has 0 radical (unpaired) electrons. The molecule has 1 atom stereocenters. The Bertz CT molecular complexity index is 1670. The van der Waals surface area contributed by atoms with Crippen molar-refractivity contribution in [2.45, 2.75) is 59.9 Å². The highest BCUT2D eigenvalue weighted by Gasteiger charge is 2.14. The van der Waals surface area contributed by atoms with E-state index in [0.717, 1.165) is 53.4 Å². The Morgan fingerprint density at radius 1 is 0.976 bits per heavy atom. The van der Waals surface area contributed by atoms with Gasteiger partial charge in [-0.2, -0.15) is 0 Å². The number of carbonyl (C=O) groups is 1. The van der Waals surface area contributed by atoms with Gasteiger partial charge in [-0.05, 0) is 62.1 Å². The largest absolute Gasteiger partial charge is 0.465 e. The van der Waals surface area contributed by atoms with Gasteiger partial charge in [-0.25, -0.2) is 14.8 Å². The van der Waals surface area contributed by atoms with Gasteiger partial charge in [0.1, 0.15) is 11.6 Å². The van der Waals surface area contributed by atoms with Crippen molar-refractivity contribution >= 4 is 17.0 Å². The summed E-state index contributed by atoms with van der Waals surface area (Å²) < 4.78 is 9.37. The van der Waals surface area contributed by atoms with E-state index >= 15 is 0 Å². The van der Waals surface area contributed by atoms with E-state index < -0.39 is 0 Å². The molecule has 0 spiro atoms. The fourth-order valence-corrected chi connectivity index (χ4v) is 5.29. The lowest BCUT2D eigenvalue weighted by atomic mass is 9.98. The normalized spacial score (nSPS) is 11.9. The molecule has 0 fully saturated rings. The maximum absolute atomic E-state index is 12.0. The fraction of sp³-hybridized carbons (Fsp3) is 0.306. The minimum Gasteiger partial charge on any atom is -0.465 e. The zero-order valence-corrected chi connectivity index (χ0v) is 25.9. The lowest BCUT2D eigenvalue weighted by Gasteiger charge is -2.12. The number of benzene rings is 3. The fourth-order valence-electron chi connectivity index (χ4n) is 5.29. The molecule has 2 heterocycles. The number of hydrogen-bond acceptors (Lipinski definition) is 4. The number of fused-ring (bicyclic) bond motifs is 1. The second kappa shape index (κ2) is 13.9. The standard InChI is InChI=1S/C23H26N2O2.C13H16N2/c1-5-8-22-24-16(2)17(3)25(22)15-18-11-13-19(14-12-18)20-9-6-7-10-21(20)23(26)27-4;1-4-7-10(2)13-14-11-8-5-6-9-12(11)15(13)3/h6-7,9-14H,5,8,15H2,1-4H3;4-10H,1-3H3/b;7-4+. The van der Waals surface area contributed by atoms with Crippen LogP contribution in [0, 0.1) is 13.8 Å². The summed E-state index contributed by atoms with van der Waals surface area (Å²) in [7, 11) is 3.48. The molecule has 3 aromatic carbocycles. The van der Waals surface area contributed by atoms with Gasteiger partial charge in [0.2, 0.25) is 0 Å². The van der Waals surface area contributed by atoms with Crippen molar-refractivity contribution < 1.29 is 9.53 Å². The lowest BCUT2D eigenvalue weighted by molar-refractivity contribution is 0.0601. The SMILES string of the molecule is C/C=C/C(C)c1nc2ccccc2n1C.CCCc1nc(C)c(C)n1Cc1ccc(-c2ccccc2C(=O)OC)cc1. The average molecular weight is 563 g/mol. The molecular weight excluding hydrogens is 520 g/mol. The predicted molar refractivity (Wildman–Crippen MR) is 172 cm³/mol. The Morgan fingerprint density at radius 3 is 2.33 bits per heavy atom. The number of hydrogen-bond donors (Lipinski definition) is 0. The van der Waals surface area contributed by atoms with Crippen LogP contribution in [0.4, 0.5) is 0 Å². The van der Waals surface area contributed by atoms with Gasteiger partial charge in [0.05, 0.1) is 29.4 Å². The number of ether oxygens (including phenoxy) is 1. The number of rotatable bonds is 8. The van der Waals surface area contributed by atoms with Crippen LogP contribution in [-0.4, -0.2) is 32.2 Å². The molecule has 0 aliphatic carbocycles. The second-order valence-corrected chi connectivity index (χ2v) is 10.6. The summed E-state index contributed by atoms with van der Waals surface area (Å²) in [5.74, 6) is 2.32. The third kappa shape index (κ3) is 6.71. The van der Waals surface area contributed by atoms with Crippen LogP contribution < -0.4 is 0 Å². The third-order valence-electron chi connectivity index (χ3n) is 7.66. The van der Waals surface area contributed by atoms with Crippen molar-refractivity contribution in [1.29, 1.82) is 0 Å². The minimum atomic E-state index is -0.316. The molecule has 0 aliphatic rings. The van der Waals surface area contributed by atoms with Crippen molar-refractivity contribution in [3.05, 3.63) is 119 Å². The number of imidazole rings is 2. The number of para-hydroxylation sites is 2. The topological polar surface area (TPSA) is 61.9 Å². The lowest BCUT2D eigenvalue weighted by Crippen LogP contribution is -2.07. The molecule has 5 aromatic rings. The Hall–Kier alpha value is -4.45. The minimum absolute atomic E-state index is 0.316. The zero-order valence-electron chi connectivity index (χ0n) is 25.9. The van der Waals surface area contributed by atoms with Crippen LogP contribution in [0.3, 0.4) is 0 Å². The molecule has 0 amide bonds. The Labute approximate surface area is 249 Å². The van der Waals surface area contributed by atoms with Crippen LogP contribution in [0.15, 0.2) is 84.9 Å². The summed E-state index contributed by atoms with van der Waals surface area (Å²) in [6.45, 7) is 11.4. The van der Waals surface area contributed by atoms with Gasteiger partial charge in [-0.3, -0.25) is 0 Å². The highest BCUT2D eigenvalue weighted by atomic mass is 16.5. The van der Waals surface area contributed by atoms with Crippen LogP contribution in [0.5, 0.6) is 0 Å². The number of aromatic nitrogens is 4. The number of allylic oxidation sites excluding steroid dienone is 2. The summed E-state index contributed by atoms with van der Waals surface area (Å²) >= 11 is 0. The van der Waals surface area contributed by atoms with Gasteiger partial charge < -0.3 is 13.9 Å². The first-order valence-corrected chi connectivity index (χ1v) is 14.6.